The lowest BCUT2D eigenvalue weighted by Crippen LogP contribution is -2.40. The van der Waals surface area contributed by atoms with Crippen LogP contribution in [0, 0.1) is 0 Å². The highest BCUT2D eigenvalue weighted by molar-refractivity contribution is 5.68. The van der Waals surface area contributed by atoms with E-state index in [0.717, 1.165) is 24.4 Å². The molecule has 1 N–H and O–H groups in total. The first-order valence-electron chi connectivity index (χ1n) is 8.12. The highest BCUT2D eigenvalue weighted by Gasteiger charge is 2.21. The van der Waals surface area contributed by atoms with E-state index in [0.29, 0.717) is 26.2 Å². The molecule has 0 spiro atoms. The van der Waals surface area contributed by atoms with E-state index < -0.39 is 5.60 Å². The fourth-order valence-corrected chi connectivity index (χ4v) is 2.02. The van der Waals surface area contributed by atoms with Crippen LogP contribution in [0.4, 0.5) is 4.79 Å². The molecular formula is C17H30N2O3. The minimum atomic E-state index is -0.457. The average Bonchev–Trinajstić information content (AvgIpc) is 2.88. The number of hydrogen-bond donors (Lipinski definition) is 1. The lowest BCUT2D eigenvalue weighted by Gasteiger charge is -2.27. The summed E-state index contributed by atoms with van der Waals surface area (Å²) in [5.41, 5.74) is -0.457. The number of carbonyl (C=O) groups is 1. The van der Waals surface area contributed by atoms with Crippen molar-refractivity contribution in [1.82, 2.24) is 10.2 Å². The summed E-state index contributed by atoms with van der Waals surface area (Å²) < 4.78 is 11.1. The molecule has 0 saturated carbocycles. The average molecular weight is 310 g/mol. The summed E-state index contributed by atoms with van der Waals surface area (Å²) in [6.45, 7) is 12.5. The van der Waals surface area contributed by atoms with Crippen LogP contribution in [-0.2, 0) is 17.7 Å². The predicted octanol–water partition coefficient (Wildman–Crippen LogP) is 3.58. The Kier molecular flexibility index (Phi) is 7.45. The van der Waals surface area contributed by atoms with Crippen LogP contribution in [0.3, 0.4) is 0 Å². The van der Waals surface area contributed by atoms with Gasteiger partial charge in [-0.2, -0.15) is 0 Å². The molecule has 1 aromatic rings. The highest BCUT2D eigenvalue weighted by atomic mass is 16.6. The topological polar surface area (TPSA) is 54.7 Å². The fraction of sp³-hybridized carbons (Fsp3) is 0.706. The van der Waals surface area contributed by atoms with E-state index in [1.807, 2.05) is 32.9 Å². The van der Waals surface area contributed by atoms with Gasteiger partial charge in [-0.05, 0) is 39.3 Å². The maximum atomic E-state index is 12.1. The summed E-state index contributed by atoms with van der Waals surface area (Å²) >= 11 is 0. The van der Waals surface area contributed by atoms with E-state index in [4.69, 9.17) is 9.15 Å². The van der Waals surface area contributed by atoms with Gasteiger partial charge in [0, 0.05) is 26.1 Å². The Bertz CT molecular complexity index is 449. The van der Waals surface area contributed by atoms with Gasteiger partial charge in [-0.25, -0.2) is 4.79 Å². The van der Waals surface area contributed by atoms with E-state index in [2.05, 4.69) is 19.2 Å². The lowest BCUT2D eigenvalue weighted by molar-refractivity contribution is 0.0251. The number of amides is 1. The maximum absolute atomic E-state index is 12.1. The molecule has 1 aromatic heterocycles. The van der Waals surface area contributed by atoms with Crippen molar-refractivity contribution in [1.29, 1.82) is 0 Å². The third kappa shape index (κ3) is 6.98. The summed E-state index contributed by atoms with van der Waals surface area (Å²) in [7, 11) is 0. The van der Waals surface area contributed by atoms with Gasteiger partial charge in [-0.15, -0.1) is 0 Å². The second-order valence-electron chi connectivity index (χ2n) is 6.37. The minimum absolute atomic E-state index is 0.248. The Morgan fingerprint density at radius 2 is 1.91 bits per heavy atom. The molecule has 0 aromatic carbocycles. The van der Waals surface area contributed by atoms with Crippen LogP contribution in [-0.4, -0.2) is 36.2 Å². The quantitative estimate of drug-likeness (QED) is 0.746. The number of nitrogens with zero attached hydrogens (tertiary/aromatic N) is 1. The first-order chi connectivity index (χ1) is 10.4. The number of hydrogen-bond acceptors (Lipinski definition) is 4. The van der Waals surface area contributed by atoms with E-state index in [9.17, 15) is 4.79 Å². The zero-order valence-electron chi connectivity index (χ0n) is 14.6. The summed E-state index contributed by atoms with van der Waals surface area (Å²) in [6.07, 6.45) is 1.57. The van der Waals surface area contributed by atoms with E-state index >= 15 is 0 Å². The van der Waals surface area contributed by atoms with Gasteiger partial charge >= 0.3 is 6.09 Å². The first kappa shape index (κ1) is 18.6. The minimum Gasteiger partial charge on any atom is -0.465 e. The smallest absolute Gasteiger partial charge is 0.410 e. The molecule has 0 aliphatic rings. The van der Waals surface area contributed by atoms with E-state index in [1.165, 1.54) is 0 Å². The van der Waals surface area contributed by atoms with Crippen LogP contribution in [0.1, 0.15) is 52.6 Å². The zero-order chi connectivity index (χ0) is 16.6. The molecule has 0 saturated heterocycles. The molecule has 0 radical (unpaired) electrons. The van der Waals surface area contributed by atoms with Crippen molar-refractivity contribution in [2.45, 2.75) is 59.6 Å². The Hall–Kier alpha value is -1.49. The molecule has 5 heteroatoms. The van der Waals surface area contributed by atoms with Gasteiger partial charge in [0.2, 0.25) is 0 Å². The van der Waals surface area contributed by atoms with Crippen molar-refractivity contribution < 1.29 is 13.9 Å². The maximum Gasteiger partial charge on any atom is 0.410 e. The number of furan rings is 1. The number of nitrogens with one attached hydrogen (secondary N) is 1. The number of rotatable bonds is 8. The van der Waals surface area contributed by atoms with Crippen molar-refractivity contribution in [3.05, 3.63) is 23.7 Å². The summed E-state index contributed by atoms with van der Waals surface area (Å²) in [4.78, 5) is 13.9. The molecule has 1 amide bonds. The Balaban J connectivity index is 2.36. The van der Waals surface area contributed by atoms with Gasteiger partial charge in [0.1, 0.15) is 17.1 Å². The van der Waals surface area contributed by atoms with Crippen molar-refractivity contribution in [2.24, 2.45) is 0 Å². The number of carbonyl (C=O) groups excluding carboxylic acids is 1. The standard InChI is InChI=1S/C17H30N2O3/c1-6-11-19(16(20)22-17(3,4)5)12-10-18-13-15-9-8-14(7-2)21-15/h8-9,18H,6-7,10-13H2,1-5H3. The molecule has 1 heterocycles. The first-order valence-corrected chi connectivity index (χ1v) is 8.12. The zero-order valence-corrected chi connectivity index (χ0v) is 14.6. The largest absolute Gasteiger partial charge is 0.465 e. The van der Waals surface area contributed by atoms with Crippen LogP contribution in [0.25, 0.3) is 0 Å². The second kappa shape index (κ2) is 8.83. The highest BCUT2D eigenvalue weighted by Crippen LogP contribution is 2.10. The molecule has 0 unspecified atom stereocenters. The summed E-state index contributed by atoms with van der Waals surface area (Å²) in [5, 5.41) is 3.30. The third-order valence-corrected chi connectivity index (χ3v) is 3.07. The molecule has 1 rings (SSSR count). The van der Waals surface area contributed by atoms with Crippen LogP contribution >= 0.6 is 0 Å². The molecule has 0 aliphatic heterocycles. The van der Waals surface area contributed by atoms with Crippen molar-refractivity contribution in [3.8, 4) is 0 Å². The van der Waals surface area contributed by atoms with E-state index in [-0.39, 0.29) is 6.09 Å². The number of ether oxygens (including phenoxy) is 1. The van der Waals surface area contributed by atoms with Crippen LogP contribution in [0.5, 0.6) is 0 Å². The molecule has 0 aliphatic carbocycles. The number of aryl methyl sites for hydroxylation is 1. The molecule has 0 fully saturated rings. The Morgan fingerprint density at radius 1 is 1.23 bits per heavy atom. The van der Waals surface area contributed by atoms with E-state index in [1.54, 1.807) is 4.90 Å². The summed E-state index contributed by atoms with van der Waals surface area (Å²) in [5.74, 6) is 1.93. The second-order valence-corrected chi connectivity index (χ2v) is 6.37. The van der Waals surface area contributed by atoms with Crippen molar-refractivity contribution >= 4 is 6.09 Å². The normalized spacial score (nSPS) is 11.5. The Labute approximate surface area is 134 Å². The molecule has 0 bridgehead atoms. The van der Waals surface area contributed by atoms with Crippen LogP contribution in [0.15, 0.2) is 16.5 Å². The molecule has 126 valence electrons. The molecular weight excluding hydrogens is 280 g/mol. The van der Waals surface area contributed by atoms with Crippen molar-refractivity contribution in [3.63, 3.8) is 0 Å². The van der Waals surface area contributed by atoms with Crippen molar-refractivity contribution in [2.75, 3.05) is 19.6 Å². The molecule has 22 heavy (non-hydrogen) atoms. The summed E-state index contributed by atoms with van der Waals surface area (Å²) in [6, 6.07) is 3.99. The monoisotopic (exact) mass is 310 g/mol. The fourth-order valence-electron chi connectivity index (χ4n) is 2.02. The van der Waals surface area contributed by atoms with Gasteiger partial charge < -0.3 is 19.4 Å². The predicted molar refractivity (Wildman–Crippen MR) is 87.9 cm³/mol. The third-order valence-electron chi connectivity index (χ3n) is 3.07. The van der Waals surface area contributed by atoms with Crippen LogP contribution in [0.2, 0.25) is 0 Å². The Morgan fingerprint density at radius 3 is 2.45 bits per heavy atom. The molecule has 0 atom stereocenters. The SMILES string of the molecule is CCCN(CCNCc1ccc(CC)o1)C(=O)OC(C)(C)C. The lowest BCUT2D eigenvalue weighted by atomic mass is 10.2. The van der Waals surface area contributed by atoms with Gasteiger partial charge in [0.15, 0.2) is 0 Å². The van der Waals surface area contributed by atoms with Gasteiger partial charge in [-0.3, -0.25) is 0 Å². The van der Waals surface area contributed by atoms with Gasteiger partial charge in [-0.1, -0.05) is 13.8 Å². The van der Waals surface area contributed by atoms with Gasteiger partial charge in [0.25, 0.3) is 0 Å². The molecule has 5 nitrogen and oxygen atoms in total. The van der Waals surface area contributed by atoms with Gasteiger partial charge in [0.05, 0.1) is 6.54 Å². The van der Waals surface area contributed by atoms with Crippen LogP contribution < -0.4 is 5.32 Å².